The molecule has 3 heteroatoms. The van der Waals surface area contributed by atoms with Gasteiger partial charge in [-0.05, 0) is 30.4 Å². The first-order chi connectivity index (χ1) is 9.18. The zero-order chi connectivity index (χ0) is 13.4. The highest BCUT2D eigenvalue weighted by Crippen LogP contribution is 2.36. The Labute approximate surface area is 118 Å². The van der Waals surface area contributed by atoms with Crippen LogP contribution in [0.4, 0.5) is 0 Å². The molecule has 2 aromatic carbocycles. The summed E-state index contributed by atoms with van der Waals surface area (Å²) in [6.45, 7) is 2.92. The van der Waals surface area contributed by atoms with Crippen LogP contribution in [0.5, 0.6) is 0 Å². The van der Waals surface area contributed by atoms with Crippen molar-refractivity contribution in [2.75, 3.05) is 6.61 Å². The van der Waals surface area contributed by atoms with E-state index >= 15 is 0 Å². The van der Waals surface area contributed by atoms with Gasteiger partial charge in [0.1, 0.15) is 0 Å². The summed E-state index contributed by atoms with van der Waals surface area (Å²) in [5.74, 6) is 0.379. The first kappa shape index (κ1) is 12.9. The average Bonchev–Trinajstić information content (AvgIpc) is 2.85. The average molecular weight is 276 g/mol. The van der Waals surface area contributed by atoms with Gasteiger partial charge in [-0.2, -0.15) is 0 Å². The molecular formula is C16H18ClNO. The Morgan fingerprint density at radius 1 is 1.21 bits per heavy atom. The molecule has 0 saturated carbocycles. The van der Waals surface area contributed by atoms with Crippen molar-refractivity contribution in [3.63, 3.8) is 0 Å². The van der Waals surface area contributed by atoms with Gasteiger partial charge in [0.15, 0.2) is 0 Å². The summed E-state index contributed by atoms with van der Waals surface area (Å²) < 4.78 is 5.64. The van der Waals surface area contributed by atoms with Crippen molar-refractivity contribution in [2.24, 2.45) is 11.7 Å². The van der Waals surface area contributed by atoms with Crippen LogP contribution in [-0.4, -0.2) is 12.7 Å². The van der Waals surface area contributed by atoms with E-state index in [4.69, 9.17) is 22.1 Å². The SMILES string of the molecule is CC1OCCC1C(N)c1ccc(Cl)c2ccccc12. The van der Waals surface area contributed by atoms with Gasteiger partial charge in [0.2, 0.25) is 0 Å². The van der Waals surface area contributed by atoms with Crippen molar-refractivity contribution >= 4 is 22.4 Å². The third-order valence-corrected chi connectivity index (χ3v) is 4.49. The Hall–Kier alpha value is -1.09. The molecule has 1 aliphatic rings. The van der Waals surface area contributed by atoms with Crippen molar-refractivity contribution in [1.29, 1.82) is 0 Å². The minimum absolute atomic E-state index is 0.000309. The van der Waals surface area contributed by atoms with Gasteiger partial charge in [0.25, 0.3) is 0 Å². The van der Waals surface area contributed by atoms with Crippen LogP contribution in [0.3, 0.4) is 0 Å². The van der Waals surface area contributed by atoms with Crippen molar-refractivity contribution in [3.05, 3.63) is 47.0 Å². The molecule has 2 nitrogen and oxygen atoms in total. The Morgan fingerprint density at radius 2 is 1.95 bits per heavy atom. The molecule has 0 amide bonds. The second-order valence-corrected chi connectivity index (χ2v) is 5.64. The molecule has 0 spiro atoms. The van der Waals surface area contributed by atoms with E-state index in [1.807, 2.05) is 24.3 Å². The van der Waals surface area contributed by atoms with E-state index in [0.717, 1.165) is 28.8 Å². The zero-order valence-electron chi connectivity index (χ0n) is 11.0. The molecular weight excluding hydrogens is 258 g/mol. The predicted molar refractivity (Wildman–Crippen MR) is 79.4 cm³/mol. The number of fused-ring (bicyclic) bond motifs is 1. The van der Waals surface area contributed by atoms with Crippen LogP contribution in [-0.2, 0) is 4.74 Å². The van der Waals surface area contributed by atoms with Crippen molar-refractivity contribution in [2.45, 2.75) is 25.5 Å². The number of benzene rings is 2. The summed E-state index contributed by atoms with van der Waals surface area (Å²) in [4.78, 5) is 0. The summed E-state index contributed by atoms with van der Waals surface area (Å²) in [6, 6.07) is 12.2. The first-order valence-electron chi connectivity index (χ1n) is 6.73. The van der Waals surface area contributed by atoms with Crippen LogP contribution in [0, 0.1) is 5.92 Å². The standard InChI is InChI=1S/C16H18ClNO/c1-10-11(8-9-19-10)16(18)14-6-7-15(17)13-5-3-2-4-12(13)14/h2-7,10-11,16H,8-9,18H2,1H3. The second kappa shape index (κ2) is 5.12. The Kier molecular flexibility index (Phi) is 3.48. The van der Waals surface area contributed by atoms with Crippen molar-refractivity contribution < 1.29 is 4.74 Å². The molecule has 100 valence electrons. The monoisotopic (exact) mass is 275 g/mol. The number of halogens is 1. The highest BCUT2D eigenvalue weighted by Gasteiger charge is 2.31. The van der Waals surface area contributed by atoms with Crippen LogP contribution >= 0.6 is 11.6 Å². The Morgan fingerprint density at radius 3 is 2.63 bits per heavy atom. The number of rotatable bonds is 2. The predicted octanol–water partition coefficient (Wildman–Crippen LogP) is 3.92. The number of hydrogen-bond acceptors (Lipinski definition) is 2. The molecule has 3 unspecified atom stereocenters. The molecule has 0 aliphatic carbocycles. The fourth-order valence-corrected chi connectivity index (χ4v) is 3.25. The van der Waals surface area contributed by atoms with E-state index in [1.165, 1.54) is 5.56 Å². The van der Waals surface area contributed by atoms with Crippen molar-refractivity contribution in [3.8, 4) is 0 Å². The summed E-state index contributed by atoms with van der Waals surface area (Å²) in [6.07, 6.45) is 1.25. The Bertz CT molecular complexity index is 598. The summed E-state index contributed by atoms with van der Waals surface area (Å²) in [5, 5.41) is 3.01. The topological polar surface area (TPSA) is 35.2 Å². The highest BCUT2D eigenvalue weighted by atomic mass is 35.5. The molecule has 19 heavy (non-hydrogen) atoms. The molecule has 1 aliphatic heterocycles. The summed E-state index contributed by atoms with van der Waals surface area (Å²) in [7, 11) is 0. The van der Waals surface area contributed by atoms with E-state index < -0.39 is 0 Å². The maximum atomic E-state index is 6.48. The van der Waals surface area contributed by atoms with Gasteiger partial charge in [-0.3, -0.25) is 0 Å². The van der Waals surface area contributed by atoms with Crippen LogP contribution in [0.25, 0.3) is 10.8 Å². The number of nitrogens with two attached hydrogens (primary N) is 1. The lowest BCUT2D eigenvalue weighted by atomic mass is 9.86. The molecule has 1 saturated heterocycles. The maximum absolute atomic E-state index is 6.48. The molecule has 1 heterocycles. The Balaban J connectivity index is 2.07. The van der Waals surface area contributed by atoms with Gasteiger partial charge in [0.05, 0.1) is 6.10 Å². The minimum atomic E-state index is -0.000309. The minimum Gasteiger partial charge on any atom is -0.378 e. The fraction of sp³-hybridized carbons (Fsp3) is 0.375. The number of hydrogen-bond donors (Lipinski definition) is 1. The third-order valence-electron chi connectivity index (χ3n) is 4.16. The van der Waals surface area contributed by atoms with Gasteiger partial charge in [0, 0.05) is 29.0 Å². The van der Waals surface area contributed by atoms with Crippen LogP contribution in [0.1, 0.15) is 24.9 Å². The quantitative estimate of drug-likeness (QED) is 0.902. The zero-order valence-corrected chi connectivity index (χ0v) is 11.7. The molecule has 0 bridgehead atoms. The normalized spacial score (nSPS) is 24.8. The highest BCUT2D eigenvalue weighted by molar-refractivity contribution is 6.35. The lowest BCUT2D eigenvalue weighted by Gasteiger charge is -2.24. The largest absolute Gasteiger partial charge is 0.378 e. The van der Waals surface area contributed by atoms with E-state index in [0.29, 0.717) is 5.92 Å². The van der Waals surface area contributed by atoms with E-state index in [-0.39, 0.29) is 12.1 Å². The van der Waals surface area contributed by atoms with Crippen LogP contribution in [0.15, 0.2) is 36.4 Å². The lowest BCUT2D eigenvalue weighted by Crippen LogP contribution is -2.26. The van der Waals surface area contributed by atoms with Gasteiger partial charge >= 0.3 is 0 Å². The van der Waals surface area contributed by atoms with E-state index in [9.17, 15) is 0 Å². The van der Waals surface area contributed by atoms with Gasteiger partial charge in [-0.15, -0.1) is 0 Å². The fourth-order valence-electron chi connectivity index (χ4n) is 3.03. The molecule has 0 aromatic heterocycles. The first-order valence-corrected chi connectivity index (χ1v) is 7.10. The molecule has 0 radical (unpaired) electrons. The summed E-state index contributed by atoms with van der Waals surface area (Å²) in [5.41, 5.74) is 7.65. The third kappa shape index (κ3) is 2.25. The van der Waals surface area contributed by atoms with Gasteiger partial charge in [-0.25, -0.2) is 0 Å². The van der Waals surface area contributed by atoms with Gasteiger partial charge in [-0.1, -0.05) is 41.9 Å². The van der Waals surface area contributed by atoms with E-state index in [2.05, 4.69) is 19.1 Å². The van der Waals surface area contributed by atoms with Gasteiger partial charge < -0.3 is 10.5 Å². The maximum Gasteiger partial charge on any atom is 0.0594 e. The smallest absolute Gasteiger partial charge is 0.0594 e. The molecule has 1 fully saturated rings. The second-order valence-electron chi connectivity index (χ2n) is 5.24. The van der Waals surface area contributed by atoms with Crippen molar-refractivity contribution in [1.82, 2.24) is 0 Å². The van der Waals surface area contributed by atoms with Crippen LogP contribution < -0.4 is 5.73 Å². The lowest BCUT2D eigenvalue weighted by molar-refractivity contribution is 0.0996. The van der Waals surface area contributed by atoms with Crippen LogP contribution in [0.2, 0.25) is 5.02 Å². The summed E-state index contributed by atoms with van der Waals surface area (Å²) >= 11 is 6.26. The molecule has 3 rings (SSSR count). The van der Waals surface area contributed by atoms with E-state index in [1.54, 1.807) is 0 Å². The molecule has 2 aromatic rings. The molecule has 2 N–H and O–H groups in total. The molecule has 3 atom stereocenters. The number of ether oxygens (including phenoxy) is 1.